The quantitative estimate of drug-likeness (QED) is 0.577. The van der Waals surface area contributed by atoms with Crippen LogP contribution in [0.3, 0.4) is 0 Å². The molecular formula is C23H27N5OS. The van der Waals surface area contributed by atoms with Gasteiger partial charge in [0.25, 0.3) is 0 Å². The number of nitrogens with one attached hydrogen (secondary N) is 1. The van der Waals surface area contributed by atoms with E-state index >= 15 is 0 Å². The van der Waals surface area contributed by atoms with E-state index in [0.29, 0.717) is 0 Å². The zero-order chi connectivity index (χ0) is 20.8. The molecule has 30 heavy (non-hydrogen) atoms. The number of hydrogen-bond acceptors (Lipinski definition) is 5. The van der Waals surface area contributed by atoms with Crippen molar-refractivity contribution in [2.75, 3.05) is 24.2 Å². The van der Waals surface area contributed by atoms with Gasteiger partial charge in [-0.3, -0.25) is 14.3 Å². The first-order valence-corrected chi connectivity index (χ1v) is 11.4. The summed E-state index contributed by atoms with van der Waals surface area (Å²) in [6, 6.07) is 17.9. The van der Waals surface area contributed by atoms with Gasteiger partial charge in [-0.05, 0) is 57.1 Å². The summed E-state index contributed by atoms with van der Waals surface area (Å²) >= 11 is 1.41. The Labute approximate surface area is 181 Å². The number of aryl methyl sites for hydroxylation is 1. The Morgan fingerprint density at radius 3 is 2.47 bits per heavy atom. The van der Waals surface area contributed by atoms with Crippen molar-refractivity contribution in [1.82, 2.24) is 19.7 Å². The molecule has 0 radical (unpaired) electrons. The smallest absolute Gasteiger partial charge is 0.234 e. The van der Waals surface area contributed by atoms with E-state index in [-0.39, 0.29) is 11.7 Å². The zero-order valence-corrected chi connectivity index (χ0v) is 18.1. The van der Waals surface area contributed by atoms with E-state index in [4.69, 9.17) is 0 Å². The Morgan fingerprint density at radius 1 is 1.00 bits per heavy atom. The van der Waals surface area contributed by atoms with Gasteiger partial charge in [-0.25, -0.2) is 0 Å². The number of piperidine rings is 1. The minimum atomic E-state index is -0.0518. The predicted molar refractivity (Wildman–Crippen MR) is 121 cm³/mol. The van der Waals surface area contributed by atoms with Crippen LogP contribution in [-0.2, 0) is 11.3 Å². The van der Waals surface area contributed by atoms with E-state index in [1.54, 1.807) is 0 Å². The molecule has 0 saturated carbocycles. The highest BCUT2D eigenvalue weighted by atomic mass is 32.2. The van der Waals surface area contributed by atoms with E-state index in [2.05, 4.69) is 37.1 Å². The van der Waals surface area contributed by atoms with E-state index in [1.807, 2.05) is 49.4 Å². The maximum Gasteiger partial charge on any atom is 0.234 e. The van der Waals surface area contributed by atoms with Gasteiger partial charge in [-0.1, -0.05) is 54.1 Å². The topological polar surface area (TPSA) is 63.1 Å². The molecule has 2 heterocycles. The Balaban J connectivity index is 1.47. The number of para-hydroxylation sites is 1. The Morgan fingerprint density at radius 2 is 1.73 bits per heavy atom. The van der Waals surface area contributed by atoms with Crippen LogP contribution in [0.1, 0.15) is 30.7 Å². The number of hydrogen-bond donors (Lipinski definition) is 1. The van der Waals surface area contributed by atoms with Crippen molar-refractivity contribution in [3.8, 4) is 5.69 Å². The summed E-state index contributed by atoms with van der Waals surface area (Å²) < 4.78 is 2.08. The minimum absolute atomic E-state index is 0.0518. The van der Waals surface area contributed by atoms with Crippen molar-refractivity contribution in [3.05, 3.63) is 66.0 Å². The third-order valence-electron chi connectivity index (χ3n) is 5.20. The second kappa shape index (κ2) is 9.91. The molecular weight excluding hydrogens is 394 g/mol. The number of nitrogens with zero attached hydrogens (tertiary/aromatic N) is 4. The Bertz CT molecular complexity index is 965. The van der Waals surface area contributed by atoms with Gasteiger partial charge in [0.1, 0.15) is 0 Å². The maximum atomic E-state index is 12.4. The van der Waals surface area contributed by atoms with Crippen LogP contribution in [-0.4, -0.2) is 44.4 Å². The summed E-state index contributed by atoms with van der Waals surface area (Å²) in [7, 11) is 0. The molecule has 3 aromatic rings. The first-order chi connectivity index (χ1) is 14.7. The average Bonchev–Trinajstić information content (AvgIpc) is 3.17. The number of carbonyl (C=O) groups excluding carboxylic acids is 1. The lowest BCUT2D eigenvalue weighted by Gasteiger charge is -2.26. The van der Waals surface area contributed by atoms with Crippen LogP contribution in [0.25, 0.3) is 5.69 Å². The molecule has 6 nitrogen and oxygen atoms in total. The van der Waals surface area contributed by atoms with Gasteiger partial charge in [0.2, 0.25) is 5.91 Å². The van der Waals surface area contributed by atoms with Gasteiger partial charge in [-0.2, -0.15) is 0 Å². The third kappa shape index (κ3) is 5.29. The van der Waals surface area contributed by atoms with E-state index < -0.39 is 0 Å². The van der Waals surface area contributed by atoms with Crippen molar-refractivity contribution in [3.63, 3.8) is 0 Å². The largest absolute Gasteiger partial charge is 0.325 e. The number of likely N-dealkylation sites (tertiary alicyclic amines) is 1. The number of amides is 1. The van der Waals surface area contributed by atoms with Crippen LogP contribution in [0.2, 0.25) is 0 Å². The van der Waals surface area contributed by atoms with Crippen molar-refractivity contribution < 1.29 is 4.79 Å². The standard InChI is InChI=1S/C23H27N5OS/c1-18-10-12-19(13-11-18)24-22(29)17-30-23-26-25-21(16-27-14-6-3-7-15-27)28(23)20-8-4-2-5-9-20/h2,4-5,8-13H,3,6-7,14-17H2,1H3,(H,24,29). The molecule has 1 saturated heterocycles. The number of benzene rings is 2. The number of aromatic nitrogens is 3. The van der Waals surface area contributed by atoms with Crippen LogP contribution in [0.4, 0.5) is 5.69 Å². The lowest BCUT2D eigenvalue weighted by atomic mass is 10.1. The van der Waals surface area contributed by atoms with Gasteiger partial charge in [0.15, 0.2) is 11.0 Å². The SMILES string of the molecule is Cc1ccc(NC(=O)CSc2nnc(CN3CCCCC3)n2-c2ccccc2)cc1. The molecule has 1 aliphatic rings. The predicted octanol–water partition coefficient (Wildman–Crippen LogP) is 4.29. The molecule has 1 aromatic heterocycles. The molecule has 0 bridgehead atoms. The summed E-state index contributed by atoms with van der Waals surface area (Å²) in [5.41, 5.74) is 3.00. The van der Waals surface area contributed by atoms with E-state index in [1.165, 1.54) is 36.6 Å². The van der Waals surface area contributed by atoms with Crippen LogP contribution in [0.5, 0.6) is 0 Å². The molecule has 1 amide bonds. The molecule has 0 atom stereocenters. The van der Waals surface area contributed by atoms with Gasteiger partial charge < -0.3 is 5.32 Å². The van der Waals surface area contributed by atoms with Gasteiger partial charge in [-0.15, -0.1) is 10.2 Å². The van der Waals surface area contributed by atoms with Crippen molar-refractivity contribution >= 4 is 23.4 Å². The summed E-state index contributed by atoms with van der Waals surface area (Å²) in [6.07, 6.45) is 3.78. The fourth-order valence-corrected chi connectivity index (χ4v) is 4.38. The van der Waals surface area contributed by atoms with Crippen LogP contribution in [0.15, 0.2) is 59.8 Å². The van der Waals surface area contributed by atoms with E-state index in [0.717, 1.165) is 42.0 Å². The van der Waals surface area contributed by atoms with Crippen LogP contribution >= 0.6 is 11.8 Å². The van der Waals surface area contributed by atoms with Crippen LogP contribution in [0, 0.1) is 6.92 Å². The number of thioether (sulfide) groups is 1. The summed E-state index contributed by atoms with van der Waals surface area (Å²) in [5, 5.41) is 12.6. The van der Waals surface area contributed by atoms with Crippen molar-refractivity contribution in [2.24, 2.45) is 0 Å². The third-order valence-corrected chi connectivity index (χ3v) is 6.13. The fraction of sp³-hybridized carbons (Fsp3) is 0.348. The van der Waals surface area contributed by atoms with Gasteiger partial charge in [0.05, 0.1) is 12.3 Å². The summed E-state index contributed by atoms with van der Waals surface area (Å²) in [4.78, 5) is 14.9. The maximum absolute atomic E-state index is 12.4. The molecule has 2 aromatic carbocycles. The monoisotopic (exact) mass is 421 g/mol. The molecule has 7 heteroatoms. The second-order valence-corrected chi connectivity index (χ2v) is 8.55. The lowest BCUT2D eigenvalue weighted by Crippen LogP contribution is -2.30. The number of anilines is 1. The van der Waals surface area contributed by atoms with Crippen LogP contribution < -0.4 is 5.32 Å². The van der Waals surface area contributed by atoms with Gasteiger partial charge >= 0.3 is 0 Å². The van der Waals surface area contributed by atoms with Crippen molar-refractivity contribution in [1.29, 1.82) is 0 Å². The number of carbonyl (C=O) groups is 1. The highest BCUT2D eigenvalue weighted by Crippen LogP contribution is 2.24. The van der Waals surface area contributed by atoms with Gasteiger partial charge in [0, 0.05) is 11.4 Å². The van der Waals surface area contributed by atoms with Crippen molar-refractivity contribution in [2.45, 2.75) is 37.9 Å². The average molecular weight is 422 g/mol. The molecule has 0 spiro atoms. The second-order valence-electron chi connectivity index (χ2n) is 7.61. The minimum Gasteiger partial charge on any atom is -0.325 e. The molecule has 4 rings (SSSR count). The highest BCUT2D eigenvalue weighted by molar-refractivity contribution is 7.99. The Kier molecular flexibility index (Phi) is 6.81. The number of rotatable bonds is 7. The summed E-state index contributed by atoms with van der Waals surface area (Å²) in [5.74, 6) is 1.15. The molecule has 1 aliphatic heterocycles. The normalized spacial score (nSPS) is 14.6. The molecule has 1 N–H and O–H groups in total. The van der Waals surface area contributed by atoms with E-state index in [9.17, 15) is 4.79 Å². The fourth-order valence-electron chi connectivity index (χ4n) is 3.61. The Hall–Kier alpha value is -2.64. The zero-order valence-electron chi connectivity index (χ0n) is 17.3. The molecule has 1 fully saturated rings. The molecule has 0 aliphatic carbocycles. The first kappa shape index (κ1) is 20.6. The lowest BCUT2D eigenvalue weighted by molar-refractivity contribution is -0.113. The highest BCUT2D eigenvalue weighted by Gasteiger charge is 2.19. The summed E-state index contributed by atoms with van der Waals surface area (Å²) in [6.45, 7) is 5.00. The molecule has 156 valence electrons. The first-order valence-electron chi connectivity index (χ1n) is 10.4. The molecule has 0 unspecified atom stereocenters.